The van der Waals surface area contributed by atoms with Gasteiger partial charge in [0.1, 0.15) is 6.33 Å². The summed E-state index contributed by atoms with van der Waals surface area (Å²) in [5.41, 5.74) is 3.67. The molecule has 2 heterocycles. The molecule has 4 rings (SSSR count). The van der Waals surface area contributed by atoms with E-state index in [1.165, 1.54) is 11.8 Å². The minimum Gasteiger partial charge on any atom is -0.325 e. The largest absolute Gasteiger partial charge is 0.325 e. The number of aryl methyl sites for hydroxylation is 1. The quantitative estimate of drug-likeness (QED) is 0.633. The van der Waals surface area contributed by atoms with Crippen LogP contribution in [0.25, 0.3) is 5.69 Å². The molecule has 2 aromatic carbocycles. The highest BCUT2D eigenvalue weighted by atomic mass is 32.2. The molecule has 7 nitrogen and oxygen atoms in total. The number of hydrogen-bond donors (Lipinski definition) is 1. The molecule has 1 aliphatic rings. The van der Waals surface area contributed by atoms with Gasteiger partial charge in [-0.05, 0) is 49.2 Å². The van der Waals surface area contributed by atoms with Gasteiger partial charge in [0, 0.05) is 24.3 Å². The Morgan fingerprint density at radius 3 is 2.69 bits per heavy atom. The first-order chi connectivity index (χ1) is 14.1. The molecular formula is C21H21N5O2S. The molecule has 148 valence electrons. The van der Waals surface area contributed by atoms with E-state index in [9.17, 15) is 9.59 Å². The normalized spacial score (nSPS) is 13.7. The van der Waals surface area contributed by atoms with Crippen LogP contribution >= 0.6 is 11.8 Å². The summed E-state index contributed by atoms with van der Waals surface area (Å²) in [6.07, 6.45) is 3.14. The first-order valence-electron chi connectivity index (χ1n) is 9.41. The number of nitrogens with zero attached hydrogens (tertiary/aromatic N) is 4. The standard InChI is InChI=1S/C21H21N5O2S/c1-15-5-2-3-6-18(15)26-14-22-24-21(26)29-13-19(27)23-16-8-10-17(11-9-16)25-12-4-7-20(25)28/h2-3,5-6,8-11,14H,4,7,12-13H2,1H3,(H,23,27). The second kappa shape index (κ2) is 8.48. The van der Waals surface area contributed by atoms with Gasteiger partial charge in [-0.3, -0.25) is 14.2 Å². The van der Waals surface area contributed by atoms with Gasteiger partial charge in [-0.15, -0.1) is 10.2 Å². The number of carbonyl (C=O) groups is 2. The number of anilines is 2. The number of aromatic nitrogens is 3. The van der Waals surface area contributed by atoms with E-state index in [0.29, 0.717) is 17.3 Å². The third-order valence-electron chi connectivity index (χ3n) is 4.76. The Morgan fingerprint density at radius 2 is 1.97 bits per heavy atom. The summed E-state index contributed by atoms with van der Waals surface area (Å²) in [5.74, 6) is 0.243. The second-order valence-corrected chi connectivity index (χ2v) is 7.75. The number of rotatable bonds is 6. The molecule has 1 N–H and O–H groups in total. The molecule has 0 radical (unpaired) electrons. The Kier molecular flexibility index (Phi) is 5.62. The van der Waals surface area contributed by atoms with E-state index < -0.39 is 0 Å². The van der Waals surface area contributed by atoms with Crippen molar-refractivity contribution in [1.29, 1.82) is 0 Å². The van der Waals surface area contributed by atoms with Gasteiger partial charge in [0.2, 0.25) is 11.8 Å². The van der Waals surface area contributed by atoms with Crippen LogP contribution < -0.4 is 10.2 Å². The number of thioether (sulfide) groups is 1. The van der Waals surface area contributed by atoms with Crippen LogP contribution in [0.4, 0.5) is 11.4 Å². The van der Waals surface area contributed by atoms with E-state index in [1.807, 2.05) is 60.0 Å². The molecule has 0 spiro atoms. The van der Waals surface area contributed by atoms with E-state index in [4.69, 9.17) is 0 Å². The fraction of sp³-hybridized carbons (Fsp3) is 0.238. The maximum absolute atomic E-state index is 12.4. The van der Waals surface area contributed by atoms with Crippen molar-refractivity contribution in [1.82, 2.24) is 14.8 Å². The minimum atomic E-state index is -0.126. The molecule has 0 bridgehead atoms. The molecule has 29 heavy (non-hydrogen) atoms. The van der Waals surface area contributed by atoms with Crippen LogP contribution in [-0.4, -0.2) is 38.9 Å². The second-order valence-electron chi connectivity index (χ2n) is 6.80. The summed E-state index contributed by atoms with van der Waals surface area (Å²) in [5, 5.41) is 11.7. The van der Waals surface area contributed by atoms with Crippen molar-refractivity contribution < 1.29 is 9.59 Å². The van der Waals surface area contributed by atoms with Crippen molar-refractivity contribution in [2.24, 2.45) is 0 Å². The van der Waals surface area contributed by atoms with Crippen LogP contribution in [0.5, 0.6) is 0 Å². The molecule has 2 amide bonds. The Morgan fingerprint density at radius 1 is 1.17 bits per heavy atom. The van der Waals surface area contributed by atoms with Crippen molar-refractivity contribution in [3.05, 3.63) is 60.4 Å². The third-order valence-corrected chi connectivity index (χ3v) is 5.70. The van der Waals surface area contributed by atoms with Crippen LogP contribution in [0, 0.1) is 6.92 Å². The first kappa shape index (κ1) is 19.2. The lowest BCUT2D eigenvalue weighted by molar-refractivity contribution is -0.117. The Labute approximate surface area is 173 Å². The van der Waals surface area contributed by atoms with Crippen LogP contribution in [-0.2, 0) is 9.59 Å². The van der Waals surface area contributed by atoms with Gasteiger partial charge in [-0.2, -0.15) is 0 Å². The van der Waals surface area contributed by atoms with Crippen molar-refractivity contribution >= 4 is 35.0 Å². The van der Waals surface area contributed by atoms with E-state index in [-0.39, 0.29) is 17.6 Å². The minimum absolute atomic E-state index is 0.126. The maximum atomic E-state index is 12.4. The predicted octanol–water partition coefficient (Wildman–Crippen LogP) is 3.43. The maximum Gasteiger partial charge on any atom is 0.234 e. The Balaban J connectivity index is 1.36. The average molecular weight is 407 g/mol. The summed E-state index contributed by atoms with van der Waals surface area (Å²) in [6.45, 7) is 2.78. The van der Waals surface area contributed by atoms with Crippen LogP contribution in [0.3, 0.4) is 0 Å². The zero-order valence-corrected chi connectivity index (χ0v) is 16.9. The van der Waals surface area contributed by atoms with Gasteiger partial charge >= 0.3 is 0 Å². The molecular weight excluding hydrogens is 386 g/mol. The number of hydrogen-bond acceptors (Lipinski definition) is 5. The molecule has 8 heteroatoms. The molecule has 1 aromatic heterocycles. The molecule has 1 saturated heterocycles. The number of amides is 2. The molecule has 1 fully saturated rings. The van der Waals surface area contributed by atoms with Gasteiger partial charge in [-0.1, -0.05) is 30.0 Å². The zero-order valence-electron chi connectivity index (χ0n) is 16.0. The van der Waals surface area contributed by atoms with Gasteiger partial charge < -0.3 is 10.2 Å². The highest BCUT2D eigenvalue weighted by Gasteiger charge is 2.21. The third kappa shape index (κ3) is 4.32. The van der Waals surface area contributed by atoms with Crippen molar-refractivity contribution in [2.75, 3.05) is 22.5 Å². The first-order valence-corrected chi connectivity index (χ1v) is 10.4. The summed E-state index contributed by atoms with van der Waals surface area (Å²) < 4.78 is 1.88. The van der Waals surface area contributed by atoms with Gasteiger partial charge in [0.15, 0.2) is 5.16 Å². The SMILES string of the molecule is Cc1ccccc1-n1cnnc1SCC(=O)Nc1ccc(N2CCCC2=O)cc1. The van der Waals surface area contributed by atoms with Crippen LogP contribution in [0.2, 0.25) is 0 Å². The fourth-order valence-corrected chi connectivity index (χ4v) is 4.02. The Hall–Kier alpha value is -3.13. The zero-order chi connectivity index (χ0) is 20.2. The van der Waals surface area contributed by atoms with Crippen molar-refractivity contribution in [3.63, 3.8) is 0 Å². The van der Waals surface area contributed by atoms with Gasteiger partial charge in [0.25, 0.3) is 0 Å². The van der Waals surface area contributed by atoms with E-state index >= 15 is 0 Å². The van der Waals surface area contributed by atoms with Crippen molar-refractivity contribution in [3.8, 4) is 5.69 Å². The highest BCUT2D eigenvalue weighted by Crippen LogP contribution is 2.24. The molecule has 0 aliphatic carbocycles. The van der Waals surface area contributed by atoms with E-state index in [1.54, 1.807) is 11.2 Å². The molecule has 0 atom stereocenters. The molecule has 1 aliphatic heterocycles. The summed E-state index contributed by atoms with van der Waals surface area (Å²) in [4.78, 5) is 26.0. The summed E-state index contributed by atoms with van der Waals surface area (Å²) in [7, 11) is 0. The smallest absolute Gasteiger partial charge is 0.234 e. The van der Waals surface area contributed by atoms with Gasteiger partial charge in [0.05, 0.1) is 11.4 Å². The van der Waals surface area contributed by atoms with E-state index in [0.717, 1.165) is 29.9 Å². The van der Waals surface area contributed by atoms with Crippen LogP contribution in [0.15, 0.2) is 60.0 Å². The predicted molar refractivity (Wildman–Crippen MR) is 113 cm³/mol. The molecule has 3 aromatic rings. The lowest BCUT2D eigenvalue weighted by Gasteiger charge is -2.16. The fourth-order valence-electron chi connectivity index (χ4n) is 3.29. The summed E-state index contributed by atoms with van der Waals surface area (Å²) >= 11 is 1.33. The number of carbonyl (C=O) groups excluding carboxylic acids is 2. The molecule has 0 unspecified atom stereocenters. The number of para-hydroxylation sites is 1. The summed E-state index contributed by atoms with van der Waals surface area (Å²) in [6, 6.07) is 15.3. The lowest BCUT2D eigenvalue weighted by atomic mass is 10.2. The monoisotopic (exact) mass is 407 g/mol. The number of benzene rings is 2. The Bertz CT molecular complexity index is 1030. The average Bonchev–Trinajstić information content (AvgIpc) is 3.36. The van der Waals surface area contributed by atoms with E-state index in [2.05, 4.69) is 15.5 Å². The van der Waals surface area contributed by atoms with Gasteiger partial charge in [-0.25, -0.2) is 0 Å². The highest BCUT2D eigenvalue weighted by molar-refractivity contribution is 7.99. The lowest BCUT2D eigenvalue weighted by Crippen LogP contribution is -2.23. The topological polar surface area (TPSA) is 80.1 Å². The molecule has 0 saturated carbocycles. The number of nitrogens with one attached hydrogen (secondary N) is 1. The van der Waals surface area contributed by atoms with Crippen LogP contribution in [0.1, 0.15) is 18.4 Å². The van der Waals surface area contributed by atoms with Crippen molar-refractivity contribution in [2.45, 2.75) is 24.9 Å².